The normalized spacial score (nSPS) is 15.0. The number of fused-ring (bicyclic) bond motifs is 1. The SMILES string of the molecule is O=C(NCc1ccc(N2CCCC2)nc1)c1ccccc1NS(=O)(=O)c1ccc2c(c1)OCCO2. The summed E-state index contributed by atoms with van der Waals surface area (Å²) in [5.74, 6) is 1.41. The van der Waals surface area contributed by atoms with E-state index in [4.69, 9.17) is 9.47 Å². The molecule has 0 saturated carbocycles. The van der Waals surface area contributed by atoms with Gasteiger partial charge in [-0.25, -0.2) is 13.4 Å². The van der Waals surface area contributed by atoms with Crippen LogP contribution >= 0.6 is 0 Å². The van der Waals surface area contributed by atoms with E-state index in [1.54, 1.807) is 36.5 Å². The summed E-state index contributed by atoms with van der Waals surface area (Å²) in [5, 5.41) is 2.85. The Bertz CT molecular complexity index is 1320. The molecule has 10 heteroatoms. The van der Waals surface area contributed by atoms with E-state index in [0.29, 0.717) is 24.7 Å². The van der Waals surface area contributed by atoms with Crippen molar-refractivity contribution < 1.29 is 22.7 Å². The topological polar surface area (TPSA) is 110 Å². The van der Waals surface area contributed by atoms with E-state index in [1.165, 1.54) is 25.0 Å². The lowest BCUT2D eigenvalue weighted by Gasteiger charge is -2.19. The van der Waals surface area contributed by atoms with Gasteiger partial charge in [-0.1, -0.05) is 18.2 Å². The summed E-state index contributed by atoms with van der Waals surface area (Å²) in [6.07, 6.45) is 4.11. The summed E-state index contributed by atoms with van der Waals surface area (Å²) in [7, 11) is -3.96. The van der Waals surface area contributed by atoms with Crippen LogP contribution in [-0.4, -0.2) is 45.6 Å². The maximum absolute atomic E-state index is 13.0. The molecule has 0 atom stereocenters. The molecule has 0 spiro atoms. The highest BCUT2D eigenvalue weighted by atomic mass is 32.2. The van der Waals surface area contributed by atoms with Crippen molar-refractivity contribution >= 4 is 27.4 Å². The molecule has 5 rings (SSSR count). The van der Waals surface area contributed by atoms with Crippen LogP contribution in [0.25, 0.3) is 0 Å². The number of sulfonamides is 1. The third kappa shape index (κ3) is 5.17. The molecule has 1 aromatic heterocycles. The Labute approximate surface area is 204 Å². The zero-order valence-electron chi connectivity index (χ0n) is 19.1. The number of carbonyl (C=O) groups is 1. The summed E-state index contributed by atoms with van der Waals surface area (Å²) in [5.41, 5.74) is 1.26. The zero-order chi connectivity index (χ0) is 24.3. The Morgan fingerprint density at radius 2 is 1.74 bits per heavy atom. The van der Waals surface area contributed by atoms with Gasteiger partial charge >= 0.3 is 0 Å². The van der Waals surface area contributed by atoms with Gasteiger partial charge < -0.3 is 19.7 Å². The summed E-state index contributed by atoms with van der Waals surface area (Å²) < 4.78 is 39.5. The second-order valence-corrected chi connectivity index (χ2v) is 10.0. The van der Waals surface area contributed by atoms with Crippen molar-refractivity contribution in [3.8, 4) is 11.5 Å². The number of ether oxygens (including phenoxy) is 2. The first kappa shape index (κ1) is 23.0. The minimum atomic E-state index is -3.96. The molecule has 182 valence electrons. The fraction of sp³-hybridized carbons (Fsp3) is 0.280. The van der Waals surface area contributed by atoms with Crippen molar-refractivity contribution in [1.82, 2.24) is 10.3 Å². The Morgan fingerprint density at radius 1 is 0.971 bits per heavy atom. The molecule has 2 N–H and O–H groups in total. The van der Waals surface area contributed by atoms with Gasteiger partial charge in [0, 0.05) is 31.9 Å². The van der Waals surface area contributed by atoms with Crippen LogP contribution in [0.5, 0.6) is 11.5 Å². The van der Waals surface area contributed by atoms with Crippen LogP contribution in [0.2, 0.25) is 0 Å². The highest BCUT2D eigenvalue weighted by Crippen LogP contribution is 2.33. The lowest BCUT2D eigenvalue weighted by molar-refractivity contribution is 0.0952. The molecule has 9 nitrogen and oxygen atoms in total. The van der Waals surface area contributed by atoms with Crippen LogP contribution < -0.4 is 24.4 Å². The number of anilines is 2. The number of pyridine rings is 1. The summed E-state index contributed by atoms with van der Waals surface area (Å²) in [6, 6.07) is 14.8. The Kier molecular flexibility index (Phi) is 6.45. The number of hydrogen-bond acceptors (Lipinski definition) is 7. The minimum absolute atomic E-state index is 0.0149. The second kappa shape index (κ2) is 9.83. The van der Waals surface area contributed by atoms with E-state index in [9.17, 15) is 13.2 Å². The molecule has 0 bridgehead atoms. The van der Waals surface area contributed by atoms with E-state index in [1.807, 2.05) is 12.1 Å². The van der Waals surface area contributed by atoms with Crippen molar-refractivity contribution in [2.24, 2.45) is 0 Å². The van der Waals surface area contributed by atoms with Crippen molar-refractivity contribution in [3.63, 3.8) is 0 Å². The van der Waals surface area contributed by atoms with Crippen molar-refractivity contribution in [3.05, 3.63) is 71.9 Å². The summed E-state index contributed by atoms with van der Waals surface area (Å²) in [4.78, 5) is 19.7. The minimum Gasteiger partial charge on any atom is -0.486 e. The summed E-state index contributed by atoms with van der Waals surface area (Å²) in [6.45, 7) is 3.07. The van der Waals surface area contributed by atoms with Crippen LogP contribution in [0.15, 0.2) is 65.7 Å². The predicted octanol–water partition coefficient (Wildman–Crippen LogP) is 3.18. The molecule has 1 saturated heterocycles. The maximum Gasteiger partial charge on any atom is 0.262 e. The van der Waals surface area contributed by atoms with Crippen LogP contribution in [0.1, 0.15) is 28.8 Å². The van der Waals surface area contributed by atoms with Gasteiger partial charge in [0.1, 0.15) is 19.0 Å². The molecule has 3 aromatic rings. The first-order valence-electron chi connectivity index (χ1n) is 11.5. The highest BCUT2D eigenvalue weighted by molar-refractivity contribution is 7.92. The van der Waals surface area contributed by atoms with Gasteiger partial charge in [0.15, 0.2) is 11.5 Å². The van der Waals surface area contributed by atoms with Gasteiger partial charge in [0.05, 0.1) is 16.1 Å². The molecule has 35 heavy (non-hydrogen) atoms. The summed E-state index contributed by atoms with van der Waals surface area (Å²) >= 11 is 0. The fourth-order valence-corrected chi connectivity index (χ4v) is 5.19. The predicted molar refractivity (Wildman–Crippen MR) is 132 cm³/mol. The molecule has 2 aliphatic rings. The highest BCUT2D eigenvalue weighted by Gasteiger charge is 2.22. The number of aromatic nitrogens is 1. The standard InChI is InChI=1S/C25H26N4O5S/c30-25(27-17-18-7-10-24(26-16-18)29-11-3-4-12-29)20-5-1-2-6-21(20)28-35(31,32)19-8-9-22-23(15-19)34-14-13-33-22/h1-2,5-10,15-16,28H,3-4,11-14,17H2,(H,27,30). The van der Waals surface area contributed by atoms with Crippen molar-refractivity contribution in [1.29, 1.82) is 0 Å². The second-order valence-electron chi connectivity index (χ2n) is 8.36. The quantitative estimate of drug-likeness (QED) is 0.519. The van der Waals surface area contributed by atoms with Gasteiger partial charge in [-0.05, 0) is 48.7 Å². The molecule has 1 fully saturated rings. The molecule has 1 amide bonds. The average Bonchev–Trinajstić information content (AvgIpc) is 3.42. The zero-order valence-corrected chi connectivity index (χ0v) is 19.9. The first-order valence-corrected chi connectivity index (χ1v) is 13.0. The molecule has 0 aliphatic carbocycles. The van der Waals surface area contributed by atoms with Crippen LogP contribution in [-0.2, 0) is 16.6 Å². The van der Waals surface area contributed by atoms with E-state index in [0.717, 1.165) is 24.5 Å². The third-order valence-corrected chi connectivity index (χ3v) is 7.30. The van der Waals surface area contributed by atoms with Gasteiger partial charge in [0.25, 0.3) is 15.9 Å². The molecule has 2 aliphatic heterocycles. The molecule has 0 unspecified atom stereocenters. The van der Waals surface area contributed by atoms with Gasteiger partial charge in [-0.15, -0.1) is 0 Å². The maximum atomic E-state index is 13.0. The van der Waals surface area contributed by atoms with Crippen molar-refractivity contribution in [2.75, 3.05) is 35.9 Å². The van der Waals surface area contributed by atoms with Crippen LogP contribution in [0.3, 0.4) is 0 Å². The van der Waals surface area contributed by atoms with Gasteiger partial charge in [0.2, 0.25) is 0 Å². The number of nitrogens with one attached hydrogen (secondary N) is 2. The molecule has 3 heterocycles. The third-order valence-electron chi connectivity index (χ3n) is 5.93. The number of hydrogen-bond donors (Lipinski definition) is 2. The van der Waals surface area contributed by atoms with Gasteiger partial charge in [-0.2, -0.15) is 0 Å². The molecular weight excluding hydrogens is 468 g/mol. The number of amides is 1. The number of para-hydroxylation sites is 1. The van der Waals surface area contributed by atoms with E-state index >= 15 is 0 Å². The molecule has 2 aromatic carbocycles. The average molecular weight is 495 g/mol. The largest absolute Gasteiger partial charge is 0.486 e. The fourth-order valence-electron chi connectivity index (χ4n) is 4.10. The smallest absolute Gasteiger partial charge is 0.262 e. The number of nitrogens with zero attached hydrogens (tertiary/aromatic N) is 2. The molecule has 0 radical (unpaired) electrons. The number of carbonyl (C=O) groups excluding carboxylic acids is 1. The molecular formula is C25H26N4O5S. The van der Waals surface area contributed by atoms with E-state index in [2.05, 4.69) is 19.9 Å². The monoisotopic (exact) mass is 494 g/mol. The van der Waals surface area contributed by atoms with E-state index in [-0.39, 0.29) is 22.7 Å². The Hall–Kier alpha value is -3.79. The van der Waals surface area contributed by atoms with Crippen molar-refractivity contribution in [2.45, 2.75) is 24.3 Å². The first-order chi connectivity index (χ1) is 17.0. The van der Waals surface area contributed by atoms with Crippen LogP contribution in [0, 0.1) is 0 Å². The lowest BCUT2D eigenvalue weighted by atomic mass is 10.1. The Balaban J connectivity index is 1.27. The number of benzene rings is 2. The Morgan fingerprint density at radius 3 is 2.51 bits per heavy atom. The number of rotatable bonds is 7. The van der Waals surface area contributed by atoms with Crippen LogP contribution in [0.4, 0.5) is 11.5 Å². The lowest BCUT2D eigenvalue weighted by Crippen LogP contribution is -2.25. The van der Waals surface area contributed by atoms with E-state index < -0.39 is 15.9 Å². The van der Waals surface area contributed by atoms with Gasteiger partial charge in [-0.3, -0.25) is 9.52 Å².